The van der Waals surface area contributed by atoms with E-state index in [0.717, 1.165) is 23.8 Å². The zero-order chi connectivity index (χ0) is 13.2. The fraction of sp³-hybridized carbons (Fsp3) is 0.529. The number of fused-ring (bicyclic) bond motifs is 1. The van der Waals surface area contributed by atoms with Crippen LogP contribution in [-0.2, 0) is 6.54 Å². The van der Waals surface area contributed by atoms with Gasteiger partial charge in [-0.3, -0.25) is 0 Å². The fourth-order valence-electron chi connectivity index (χ4n) is 3.33. The molecule has 1 heterocycles. The van der Waals surface area contributed by atoms with Crippen molar-refractivity contribution < 1.29 is 4.42 Å². The molecule has 1 aliphatic carbocycles. The first-order valence-corrected chi connectivity index (χ1v) is 7.46. The van der Waals surface area contributed by atoms with E-state index in [9.17, 15) is 0 Å². The number of para-hydroxylation sites is 1. The Morgan fingerprint density at radius 2 is 2.00 bits per heavy atom. The largest absolute Gasteiger partial charge is 0.461 e. The van der Waals surface area contributed by atoms with Crippen LogP contribution in [0, 0.1) is 12.8 Å². The Labute approximate surface area is 115 Å². The summed E-state index contributed by atoms with van der Waals surface area (Å²) in [4.78, 5) is 0. The van der Waals surface area contributed by atoms with Crippen LogP contribution in [0.3, 0.4) is 0 Å². The van der Waals surface area contributed by atoms with E-state index in [0.29, 0.717) is 6.04 Å². The second-order valence-corrected chi connectivity index (χ2v) is 5.85. The summed E-state index contributed by atoms with van der Waals surface area (Å²) in [6, 6.07) is 8.93. The molecule has 1 atom stereocenters. The summed E-state index contributed by atoms with van der Waals surface area (Å²) >= 11 is 0. The SMILES string of the molecule is Cc1oc2ccccc2c1CN[C@H](C)C1CCCC1. The summed E-state index contributed by atoms with van der Waals surface area (Å²) in [5.41, 5.74) is 2.32. The Balaban J connectivity index is 1.72. The topological polar surface area (TPSA) is 25.2 Å². The van der Waals surface area contributed by atoms with Crippen LogP contribution in [0.1, 0.15) is 43.9 Å². The smallest absolute Gasteiger partial charge is 0.134 e. The second-order valence-electron chi connectivity index (χ2n) is 5.85. The van der Waals surface area contributed by atoms with Crippen LogP contribution in [0.4, 0.5) is 0 Å². The van der Waals surface area contributed by atoms with Crippen molar-refractivity contribution in [2.24, 2.45) is 5.92 Å². The molecular formula is C17H23NO. The van der Waals surface area contributed by atoms with Gasteiger partial charge in [0, 0.05) is 23.5 Å². The van der Waals surface area contributed by atoms with Crippen molar-refractivity contribution in [2.45, 2.75) is 52.1 Å². The van der Waals surface area contributed by atoms with Crippen molar-refractivity contribution in [2.75, 3.05) is 0 Å². The average Bonchev–Trinajstić information content (AvgIpc) is 3.03. The second kappa shape index (κ2) is 5.38. The molecule has 1 fully saturated rings. The lowest BCUT2D eigenvalue weighted by Crippen LogP contribution is -2.31. The molecule has 3 rings (SSSR count). The third-order valence-electron chi connectivity index (χ3n) is 4.61. The van der Waals surface area contributed by atoms with Crippen LogP contribution < -0.4 is 5.32 Å². The molecule has 0 saturated heterocycles. The van der Waals surface area contributed by atoms with Crippen molar-refractivity contribution in [1.82, 2.24) is 5.32 Å². The Morgan fingerprint density at radius 1 is 1.26 bits per heavy atom. The molecule has 0 radical (unpaired) electrons. The van der Waals surface area contributed by atoms with Gasteiger partial charge in [0.1, 0.15) is 11.3 Å². The Hall–Kier alpha value is -1.28. The summed E-state index contributed by atoms with van der Waals surface area (Å²) < 4.78 is 5.82. The van der Waals surface area contributed by atoms with Gasteiger partial charge in [0.25, 0.3) is 0 Å². The number of aryl methyl sites for hydroxylation is 1. The van der Waals surface area contributed by atoms with E-state index in [2.05, 4.69) is 31.3 Å². The number of nitrogens with one attached hydrogen (secondary N) is 1. The summed E-state index contributed by atoms with van der Waals surface area (Å²) in [5.74, 6) is 1.91. The lowest BCUT2D eigenvalue weighted by molar-refractivity contribution is 0.379. The van der Waals surface area contributed by atoms with Crippen LogP contribution in [0.5, 0.6) is 0 Å². The molecular weight excluding hydrogens is 234 g/mol. The molecule has 2 aromatic rings. The molecule has 1 saturated carbocycles. The standard InChI is InChI=1S/C17H23NO/c1-12(14-7-3-4-8-14)18-11-16-13(2)19-17-10-6-5-9-15(16)17/h5-6,9-10,12,14,18H,3-4,7-8,11H2,1-2H3/t12-/m1/s1. The van der Waals surface area contributed by atoms with Crippen molar-refractivity contribution >= 4 is 11.0 Å². The van der Waals surface area contributed by atoms with Crippen molar-refractivity contribution in [3.8, 4) is 0 Å². The highest BCUT2D eigenvalue weighted by atomic mass is 16.3. The van der Waals surface area contributed by atoms with E-state index >= 15 is 0 Å². The molecule has 1 aromatic heterocycles. The molecule has 19 heavy (non-hydrogen) atoms. The highest BCUT2D eigenvalue weighted by molar-refractivity contribution is 5.82. The molecule has 0 aliphatic heterocycles. The highest BCUT2D eigenvalue weighted by Crippen LogP contribution is 2.29. The van der Waals surface area contributed by atoms with E-state index < -0.39 is 0 Å². The first kappa shape index (κ1) is 12.7. The van der Waals surface area contributed by atoms with Crippen molar-refractivity contribution in [3.63, 3.8) is 0 Å². The van der Waals surface area contributed by atoms with E-state index in [1.54, 1.807) is 0 Å². The van der Waals surface area contributed by atoms with E-state index in [4.69, 9.17) is 4.42 Å². The third-order valence-corrected chi connectivity index (χ3v) is 4.61. The number of benzene rings is 1. The van der Waals surface area contributed by atoms with Gasteiger partial charge in [0.05, 0.1) is 0 Å². The molecule has 0 amide bonds. The summed E-state index contributed by atoms with van der Waals surface area (Å²) in [6.07, 6.45) is 5.59. The fourth-order valence-corrected chi connectivity index (χ4v) is 3.33. The van der Waals surface area contributed by atoms with Gasteiger partial charge in [-0.15, -0.1) is 0 Å². The van der Waals surface area contributed by atoms with Crippen LogP contribution in [0.2, 0.25) is 0 Å². The van der Waals surface area contributed by atoms with Crippen LogP contribution in [0.15, 0.2) is 28.7 Å². The van der Waals surface area contributed by atoms with Gasteiger partial charge in [-0.1, -0.05) is 31.0 Å². The number of furan rings is 1. The molecule has 1 aromatic carbocycles. The van der Waals surface area contributed by atoms with Gasteiger partial charge in [0.15, 0.2) is 0 Å². The zero-order valence-electron chi connectivity index (χ0n) is 11.9. The van der Waals surface area contributed by atoms with E-state index in [1.165, 1.54) is 36.6 Å². The maximum atomic E-state index is 5.82. The predicted octanol–water partition coefficient (Wildman–Crippen LogP) is 4.41. The molecule has 102 valence electrons. The number of rotatable bonds is 4. The monoisotopic (exact) mass is 257 g/mol. The predicted molar refractivity (Wildman–Crippen MR) is 79.2 cm³/mol. The number of hydrogen-bond donors (Lipinski definition) is 1. The van der Waals surface area contributed by atoms with Crippen molar-refractivity contribution in [1.29, 1.82) is 0 Å². The van der Waals surface area contributed by atoms with Gasteiger partial charge in [-0.2, -0.15) is 0 Å². The van der Waals surface area contributed by atoms with Gasteiger partial charge in [-0.05, 0) is 38.7 Å². The molecule has 0 spiro atoms. The molecule has 0 unspecified atom stereocenters. The third kappa shape index (κ3) is 2.55. The molecule has 2 nitrogen and oxygen atoms in total. The lowest BCUT2D eigenvalue weighted by atomic mass is 9.99. The van der Waals surface area contributed by atoms with Gasteiger partial charge < -0.3 is 9.73 Å². The van der Waals surface area contributed by atoms with Gasteiger partial charge in [-0.25, -0.2) is 0 Å². The van der Waals surface area contributed by atoms with Crippen LogP contribution in [-0.4, -0.2) is 6.04 Å². The minimum Gasteiger partial charge on any atom is -0.461 e. The van der Waals surface area contributed by atoms with Crippen LogP contribution >= 0.6 is 0 Å². The number of hydrogen-bond acceptors (Lipinski definition) is 2. The van der Waals surface area contributed by atoms with Gasteiger partial charge >= 0.3 is 0 Å². The molecule has 2 heteroatoms. The Bertz CT molecular complexity index is 551. The minimum atomic E-state index is 0.607. The highest BCUT2D eigenvalue weighted by Gasteiger charge is 2.21. The molecule has 1 N–H and O–H groups in total. The quantitative estimate of drug-likeness (QED) is 0.877. The summed E-state index contributed by atoms with van der Waals surface area (Å²) in [6.45, 7) is 5.31. The first-order valence-electron chi connectivity index (χ1n) is 7.46. The van der Waals surface area contributed by atoms with Gasteiger partial charge in [0.2, 0.25) is 0 Å². The average molecular weight is 257 g/mol. The van der Waals surface area contributed by atoms with E-state index in [1.807, 2.05) is 12.1 Å². The van der Waals surface area contributed by atoms with Crippen molar-refractivity contribution in [3.05, 3.63) is 35.6 Å². The maximum Gasteiger partial charge on any atom is 0.134 e. The molecule has 1 aliphatic rings. The lowest BCUT2D eigenvalue weighted by Gasteiger charge is -2.20. The maximum absolute atomic E-state index is 5.82. The van der Waals surface area contributed by atoms with Crippen LogP contribution in [0.25, 0.3) is 11.0 Å². The summed E-state index contributed by atoms with van der Waals surface area (Å²) in [5, 5.41) is 4.96. The Morgan fingerprint density at radius 3 is 2.79 bits per heavy atom. The molecule has 0 bridgehead atoms. The van der Waals surface area contributed by atoms with E-state index in [-0.39, 0.29) is 0 Å². The summed E-state index contributed by atoms with van der Waals surface area (Å²) in [7, 11) is 0. The Kier molecular flexibility index (Phi) is 3.61. The zero-order valence-corrected chi connectivity index (χ0v) is 11.9. The normalized spacial score (nSPS) is 18.2. The minimum absolute atomic E-state index is 0.607. The first-order chi connectivity index (χ1) is 9.25.